The third-order valence-corrected chi connectivity index (χ3v) is 9.02. The van der Waals surface area contributed by atoms with E-state index in [1.807, 2.05) is 6.07 Å². The maximum absolute atomic E-state index is 13.3. The average Bonchev–Trinajstić information content (AvgIpc) is 3.16. The molecule has 0 atom stereocenters. The Morgan fingerprint density at radius 1 is 0.791 bits per heavy atom. The molecule has 0 bridgehead atoms. The number of hydrogen-bond donors (Lipinski definition) is 0. The van der Waals surface area contributed by atoms with Crippen LogP contribution >= 0.6 is 24.8 Å². The largest absolute Gasteiger partial charge is 0.416 e. The zero-order valence-corrected chi connectivity index (χ0v) is 26.5. The minimum atomic E-state index is -4.32. The topological polar surface area (TPSA) is 23.6 Å². The monoisotopic (exact) mass is 634 g/mol. The third kappa shape index (κ3) is 9.55. The predicted molar refractivity (Wildman–Crippen MR) is 172 cm³/mol. The van der Waals surface area contributed by atoms with E-state index in [1.54, 1.807) is 12.1 Å². The Morgan fingerprint density at radius 3 is 2.09 bits per heavy atom. The van der Waals surface area contributed by atoms with E-state index >= 15 is 0 Å². The van der Waals surface area contributed by atoms with Gasteiger partial charge in [0.25, 0.3) is 0 Å². The number of rotatable bonds is 9. The number of piperidine rings is 1. The Balaban J connectivity index is 0.00000253. The summed E-state index contributed by atoms with van der Waals surface area (Å²) in [5.74, 6) is 0.748. The molecule has 0 aliphatic carbocycles. The maximum Gasteiger partial charge on any atom is 0.416 e. The smallest absolute Gasteiger partial charge is 0.299 e. The molecule has 1 fully saturated rings. The maximum atomic E-state index is 13.3. The van der Waals surface area contributed by atoms with Gasteiger partial charge in [-0.15, -0.1) is 24.8 Å². The lowest BCUT2D eigenvalue weighted by Gasteiger charge is -2.32. The summed E-state index contributed by atoms with van der Waals surface area (Å²) in [5, 5.41) is 0. The predicted octanol–water partition coefficient (Wildman–Crippen LogP) is 8.72. The summed E-state index contributed by atoms with van der Waals surface area (Å²) in [6.45, 7) is 7.11. The molecule has 0 saturated carbocycles. The summed E-state index contributed by atoms with van der Waals surface area (Å²) in [6.07, 6.45) is 2.02. The number of halogens is 5. The number of fused-ring (bicyclic) bond motifs is 1. The average molecular weight is 636 g/mol. The van der Waals surface area contributed by atoms with Crippen LogP contribution in [0, 0.1) is 12.8 Å². The molecule has 1 saturated heterocycles. The zero-order valence-electron chi connectivity index (χ0n) is 24.9. The fraction of sp³-hybridized carbons (Fsp3) is 0.457. The second kappa shape index (κ2) is 16.1. The Labute approximate surface area is 266 Å². The number of alkyl halides is 3. The summed E-state index contributed by atoms with van der Waals surface area (Å²) in [5.41, 5.74) is 6.03. The normalized spacial score (nSPS) is 16.5. The van der Waals surface area contributed by atoms with Crippen LogP contribution in [0.1, 0.15) is 75.8 Å². The van der Waals surface area contributed by atoms with Crippen molar-refractivity contribution in [3.63, 3.8) is 0 Å². The first-order chi connectivity index (χ1) is 19.8. The number of carbonyl (C=O) groups excluding carboxylic acids is 1. The van der Waals surface area contributed by atoms with Crippen LogP contribution < -0.4 is 0 Å². The molecule has 2 heterocycles. The van der Waals surface area contributed by atoms with E-state index in [0.29, 0.717) is 24.4 Å². The van der Waals surface area contributed by atoms with Crippen molar-refractivity contribution in [1.82, 2.24) is 9.80 Å². The second-order valence-electron chi connectivity index (χ2n) is 11.9. The number of ketones is 1. The molecule has 0 unspecified atom stereocenters. The van der Waals surface area contributed by atoms with Crippen molar-refractivity contribution in [3.05, 3.63) is 106 Å². The van der Waals surface area contributed by atoms with Crippen molar-refractivity contribution in [3.8, 4) is 0 Å². The zero-order chi connectivity index (χ0) is 28.8. The molecule has 3 aromatic carbocycles. The summed E-state index contributed by atoms with van der Waals surface area (Å²) in [7, 11) is 0. The summed E-state index contributed by atoms with van der Waals surface area (Å²) in [4.78, 5) is 17.7. The number of likely N-dealkylation sites (tertiary alicyclic amines) is 1. The third-order valence-electron chi connectivity index (χ3n) is 9.02. The van der Waals surface area contributed by atoms with E-state index in [1.165, 1.54) is 34.4 Å². The van der Waals surface area contributed by atoms with Crippen molar-refractivity contribution in [2.75, 3.05) is 26.2 Å². The highest BCUT2D eigenvalue weighted by molar-refractivity contribution is 5.96. The van der Waals surface area contributed by atoms with E-state index < -0.39 is 11.7 Å². The van der Waals surface area contributed by atoms with Crippen LogP contribution in [-0.4, -0.2) is 41.8 Å². The van der Waals surface area contributed by atoms with Crippen molar-refractivity contribution in [1.29, 1.82) is 0 Å². The van der Waals surface area contributed by atoms with E-state index in [9.17, 15) is 18.0 Å². The van der Waals surface area contributed by atoms with Gasteiger partial charge >= 0.3 is 6.18 Å². The molecule has 2 aliphatic rings. The molecule has 43 heavy (non-hydrogen) atoms. The van der Waals surface area contributed by atoms with Gasteiger partial charge in [0.2, 0.25) is 0 Å². The summed E-state index contributed by atoms with van der Waals surface area (Å²) in [6, 6.07) is 20.8. The first kappa shape index (κ1) is 35.1. The van der Waals surface area contributed by atoms with Gasteiger partial charge in [-0.05, 0) is 104 Å². The minimum Gasteiger partial charge on any atom is -0.299 e. The van der Waals surface area contributed by atoms with Crippen molar-refractivity contribution in [2.24, 2.45) is 5.92 Å². The van der Waals surface area contributed by atoms with Crippen LogP contribution in [0.15, 0.2) is 66.7 Å². The van der Waals surface area contributed by atoms with Crippen LogP contribution in [-0.2, 0) is 32.1 Å². The van der Waals surface area contributed by atoms with E-state index in [4.69, 9.17) is 0 Å². The Morgan fingerprint density at radius 2 is 1.40 bits per heavy atom. The SMILES string of the molecule is Cc1ccccc1CN1CCc2ccc(C(=O)CCCC3CCN(Cc4ccccc4C(F)(F)F)CC3)cc2CC1.Cl.Cl. The fourth-order valence-electron chi connectivity index (χ4n) is 6.44. The van der Waals surface area contributed by atoms with Gasteiger partial charge in [-0.1, -0.05) is 54.6 Å². The standard InChI is InChI=1S/C35H41F3N2O.2ClH/c1-26-7-2-3-9-31(26)24-40-21-17-28-13-14-30(23-29(28)18-22-40)34(41)12-6-8-27-15-19-39(20-16-27)25-32-10-4-5-11-33(32)35(36,37)38;;/h2-5,7,9-11,13-14,23,27H,6,8,12,15-22,24-25H2,1H3;2*1H. The summed E-state index contributed by atoms with van der Waals surface area (Å²) < 4.78 is 40.0. The van der Waals surface area contributed by atoms with Gasteiger partial charge in [0.15, 0.2) is 5.78 Å². The fourth-order valence-corrected chi connectivity index (χ4v) is 6.44. The molecule has 0 amide bonds. The second-order valence-corrected chi connectivity index (χ2v) is 11.9. The van der Waals surface area contributed by atoms with Gasteiger partial charge in [0.05, 0.1) is 5.56 Å². The highest BCUT2D eigenvalue weighted by atomic mass is 35.5. The van der Waals surface area contributed by atoms with Gasteiger partial charge in [0.1, 0.15) is 0 Å². The molecule has 0 spiro atoms. The molecule has 0 aromatic heterocycles. The molecule has 234 valence electrons. The molecule has 3 nitrogen and oxygen atoms in total. The number of nitrogens with zero attached hydrogens (tertiary/aromatic N) is 2. The van der Waals surface area contributed by atoms with Gasteiger partial charge in [-0.3, -0.25) is 14.6 Å². The van der Waals surface area contributed by atoms with Gasteiger partial charge in [0, 0.05) is 38.2 Å². The number of benzene rings is 3. The first-order valence-corrected chi connectivity index (χ1v) is 15.1. The quantitative estimate of drug-likeness (QED) is 0.220. The lowest BCUT2D eigenvalue weighted by molar-refractivity contribution is -0.138. The van der Waals surface area contributed by atoms with Crippen molar-refractivity contribution < 1.29 is 18.0 Å². The van der Waals surface area contributed by atoms with Crippen molar-refractivity contribution in [2.45, 2.75) is 71.1 Å². The van der Waals surface area contributed by atoms with Crippen LogP contribution in [0.25, 0.3) is 0 Å². The van der Waals surface area contributed by atoms with E-state index in [2.05, 4.69) is 53.1 Å². The molecule has 2 aliphatic heterocycles. The molecule has 0 radical (unpaired) electrons. The lowest BCUT2D eigenvalue weighted by atomic mass is 9.90. The molecule has 5 rings (SSSR count). The Kier molecular flexibility index (Phi) is 13.1. The molecular weight excluding hydrogens is 592 g/mol. The number of carbonyl (C=O) groups is 1. The molecule has 0 N–H and O–H groups in total. The Bertz CT molecular complexity index is 1340. The number of hydrogen-bond acceptors (Lipinski definition) is 3. The van der Waals surface area contributed by atoms with Crippen LogP contribution in [0.2, 0.25) is 0 Å². The van der Waals surface area contributed by atoms with Crippen LogP contribution in [0.3, 0.4) is 0 Å². The molecule has 8 heteroatoms. The highest BCUT2D eigenvalue weighted by Crippen LogP contribution is 2.33. The van der Waals surface area contributed by atoms with Gasteiger partial charge in [-0.25, -0.2) is 0 Å². The first-order valence-electron chi connectivity index (χ1n) is 15.1. The van der Waals surface area contributed by atoms with Crippen LogP contribution in [0.5, 0.6) is 0 Å². The van der Waals surface area contributed by atoms with E-state index in [-0.39, 0.29) is 30.6 Å². The highest BCUT2D eigenvalue weighted by Gasteiger charge is 2.33. The van der Waals surface area contributed by atoms with Gasteiger partial charge < -0.3 is 0 Å². The Hall–Kier alpha value is -2.38. The van der Waals surface area contributed by atoms with Crippen LogP contribution in [0.4, 0.5) is 13.2 Å². The van der Waals surface area contributed by atoms with E-state index in [0.717, 1.165) is 76.8 Å². The number of aryl methyl sites for hydroxylation is 1. The summed E-state index contributed by atoms with van der Waals surface area (Å²) >= 11 is 0. The molecular formula is C35H43Cl2F3N2O. The van der Waals surface area contributed by atoms with Crippen molar-refractivity contribution >= 4 is 30.6 Å². The molecule has 3 aromatic rings. The lowest BCUT2D eigenvalue weighted by Crippen LogP contribution is -2.33. The van der Waals surface area contributed by atoms with Gasteiger partial charge in [-0.2, -0.15) is 13.2 Å². The minimum absolute atomic E-state index is 0. The number of Topliss-reactive ketones (excluding diaryl/α,β-unsaturated/α-hetero) is 1.